The molecule has 0 saturated carbocycles. The third-order valence-corrected chi connectivity index (χ3v) is 3.99. The predicted octanol–water partition coefficient (Wildman–Crippen LogP) is 1.42. The van der Waals surface area contributed by atoms with Crippen molar-refractivity contribution in [3.63, 3.8) is 0 Å². The Balaban J connectivity index is 1.66. The molecule has 0 N–H and O–H groups in total. The van der Waals surface area contributed by atoms with E-state index in [4.69, 9.17) is 9.47 Å². The number of methoxy groups -OCH3 is 1. The lowest BCUT2D eigenvalue weighted by Gasteiger charge is -2.42. The van der Waals surface area contributed by atoms with Gasteiger partial charge in [-0.2, -0.15) is 0 Å². The number of rotatable bonds is 4. The molecule has 2 aliphatic heterocycles. The highest BCUT2D eigenvalue weighted by Gasteiger charge is 2.35. The largest absolute Gasteiger partial charge is 0.497 e. The number of hydrogen-bond acceptors (Lipinski definition) is 4. The van der Waals surface area contributed by atoms with Crippen LogP contribution in [-0.2, 0) is 9.53 Å². The maximum atomic E-state index is 12.3. The van der Waals surface area contributed by atoms with Crippen LogP contribution in [0, 0.1) is 0 Å². The van der Waals surface area contributed by atoms with Gasteiger partial charge in [0.25, 0.3) is 0 Å². The summed E-state index contributed by atoms with van der Waals surface area (Å²) in [6, 6.07) is 7.83. The molecular weight excluding hydrogens is 272 g/mol. The maximum absolute atomic E-state index is 12.3. The lowest BCUT2D eigenvalue weighted by Crippen LogP contribution is -2.49. The molecule has 0 aliphatic carbocycles. The molecular formula is C15H18N2O4. The van der Waals surface area contributed by atoms with Crippen LogP contribution in [-0.4, -0.2) is 55.2 Å². The normalized spacial score (nSPS) is 21.0. The minimum absolute atomic E-state index is 0.0343. The Bertz CT molecular complexity index is 560. The highest BCUT2D eigenvalue weighted by Crippen LogP contribution is 2.34. The third kappa shape index (κ3) is 2.66. The van der Waals surface area contributed by atoms with Crippen molar-refractivity contribution in [1.82, 2.24) is 9.80 Å². The standard InChI is InChI=1S/C15H18N2O4/c1-20-12-4-2-3-11(9-12)13-5-6-17(13)14(18)10-16-7-8-21-15(16)19/h2-4,9,13H,5-8,10H2,1H3. The number of nitrogens with zero attached hydrogens (tertiary/aromatic N) is 2. The lowest BCUT2D eigenvalue weighted by molar-refractivity contribution is -0.139. The average molecular weight is 290 g/mol. The molecule has 0 spiro atoms. The Hall–Kier alpha value is -2.24. The van der Waals surface area contributed by atoms with Crippen molar-refractivity contribution in [1.29, 1.82) is 0 Å². The van der Waals surface area contributed by atoms with Crippen LogP contribution in [0.2, 0.25) is 0 Å². The van der Waals surface area contributed by atoms with Crippen molar-refractivity contribution in [2.45, 2.75) is 12.5 Å². The van der Waals surface area contributed by atoms with Gasteiger partial charge in [-0.15, -0.1) is 0 Å². The van der Waals surface area contributed by atoms with E-state index in [0.717, 1.165) is 24.3 Å². The zero-order chi connectivity index (χ0) is 14.8. The van der Waals surface area contributed by atoms with Crippen LogP contribution in [0.1, 0.15) is 18.0 Å². The number of carbonyl (C=O) groups is 2. The minimum Gasteiger partial charge on any atom is -0.497 e. The summed E-state index contributed by atoms with van der Waals surface area (Å²) in [6.45, 7) is 1.68. The van der Waals surface area contributed by atoms with Gasteiger partial charge in [0.2, 0.25) is 5.91 Å². The molecule has 1 aromatic carbocycles. The van der Waals surface area contributed by atoms with Crippen LogP contribution < -0.4 is 4.74 Å². The first-order valence-electron chi connectivity index (χ1n) is 7.04. The van der Waals surface area contributed by atoms with Crippen molar-refractivity contribution in [2.75, 3.05) is 33.4 Å². The van der Waals surface area contributed by atoms with Crippen molar-refractivity contribution in [2.24, 2.45) is 0 Å². The van der Waals surface area contributed by atoms with Crippen LogP contribution in [0.4, 0.5) is 4.79 Å². The second-order valence-electron chi connectivity index (χ2n) is 5.20. The molecule has 2 saturated heterocycles. The molecule has 0 bridgehead atoms. The number of carbonyl (C=O) groups excluding carboxylic acids is 2. The highest BCUT2D eigenvalue weighted by atomic mass is 16.6. The van der Waals surface area contributed by atoms with E-state index in [0.29, 0.717) is 13.2 Å². The Labute approximate surface area is 123 Å². The summed E-state index contributed by atoms with van der Waals surface area (Å²) >= 11 is 0. The fourth-order valence-corrected chi connectivity index (χ4v) is 2.70. The molecule has 2 heterocycles. The summed E-state index contributed by atoms with van der Waals surface area (Å²) in [5, 5.41) is 0. The second-order valence-corrected chi connectivity index (χ2v) is 5.20. The Kier molecular flexibility index (Phi) is 3.68. The SMILES string of the molecule is COc1cccc(C2CCN2C(=O)CN2CCOC2=O)c1. The number of likely N-dealkylation sites (tertiary alicyclic amines) is 1. The van der Waals surface area contributed by atoms with Gasteiger partial charge >= 0.3 is 6.09 Å². The molecule has 1 aromatic rings. The summed E-state index contributed by atoms with van der Waals surface area (Å²) in [5.74, 6) is 0.753. The molecule has 2 aliphatic rings. The van der Waals surface area contributed by atoms with Crippen LogP contribution >= 0.6 is 0 Å². The van der Waals surface area contributed by atoms with Crippen LogP contribution in [0.5, 0.6) is 5.75 Å². The first kappa shape index (κ1) is 13.7. The van der Waals surface area contributed by atoms with Gasteiger partial charge in [-0.1, -0.05) is 12.1 Å². The molecule has 1 atom stereocenters. The van der Waals surface area contributed by atoms with Gasteiger partial charge in [0.15, 0.2) is 0 Å². The van der Waals surface area contributed by atoms with Crippen LogP contribution in [0.25, 0.3) is 0 Å². The summed E-state index contributed by atoms with van der Waals surface area (Å²) < 4.78 is 10.1. The van der Waals surface area contributed by atoms with E-state index in [9.17, 15) is 9.59 Å². The Morgan fingerprint density at radius 1 is 1.43 bits per heavy atom. The molecule has 112 valence electrons. The van der Waals surface area contributed by atoms with Gasteiger partial charge in [0.1, 0.15) is 18.9 Å². The zero-order valence-electron chi connectivity index (χ0n) is 11.9. The summed E-state index contributed by atoms with van der Waals surface area (Å²) in [4.78, 5) is 27.0. The number of amides is 2. The number of ether oxygens (including phenoxy) is 2. The first-order chi connectivity index (χ1) is 10.2. The van der Waals surface area contributed by atoms with Crippen molar-refractivity contribution in [3.05, 3.63) is 29.8 Å². The fourth-order valence-electron chi connectivity index (χ4n) is 2.70. The van der Waals surface area contributed by atoms with Crippen molar-refractivity contribution < 1.29 is 19.1 Å². The van der Waals surface area contributed by atoms with E-state index in [1.807, 2.05) is 24.3 Å². The van der Waals surface area contributed by atoms with Gasteiger partial charge in [-0.05, 0) is 24.1 Å². The van der Waals surface area contributed by atoms with E-state index in [1.54, 1.807) is 12.0 Å². The molecule has 2 amide bonds. The third-order valence-electron chi connectivity index (χ3n) is 3.99. The lowest BCUT2D eigenvalue weighted by atomic mass is 9.94. The summed E-state index contributed by atoms with van der Waals surface area (Å²) in [7, 11) is 1.63. The smallest absolute Gasteiger partial charge is 0.410 e. The molecule has 1 unspecified atom stereocenters. The monoisotopic (exact) mass is 290 g/mol. The van der Waals surface area contributed by atoms with Gasteiger partial charge in [-0.25, -0.2) is 4.79 Å². The van der Waals surface area contributed by atoms with E-state index in [1.165, 1.54) is 4.90 Å². The van der Waals surface area contributed by atoms with Gasteiger partial charge < -0.3 is 14.4 Å². The van der Waals surface area contributed by atoms with Gasteiger partial charge in [0.05, 0.1) is 19.7 Å². The Morgan fingerprint density at radius 3 is 2.90 bits per heavy atom. The number of cyclic esters (lactones) is 1. The Morgan fingerprint density at radius 2 is 2.29 bits per heavy atom. The van der Waals surface area contributed by atoms with E-state index in [-0.39, 0.29) is 18.5 Å². The summed E-state index contributed by atoms with van der Waals surface area (Å²) in [5.41, 5.74) is 1.07. The molecule has 6 nitrogen and oxygen atoms in total. The molecule has 2 fully saturated rings. The van der Waals surface area contributed by atoms with E-state index < -0.39 is 6.09 Å². The minimum atomic E-state index is -0.401. The molecule has 0 radical (unpaired) electrons. The molecule has 3 rings (SSSR count). The van der Waals surface area contributed by atoms with Gasteiger partial charge in [0, 0.05) is 6.54 Å². The highest BCUT2D eigenvalue weighted by molar-refractivity contribution is 5.83. The summed E-state index contributed by atoms with van der Waals surface area (Å²) in [6.07, 6.45) is 0.533. The fraction of sp³-hybridized carbons (Fsp3) is 0.467. The number of benzene rings is 1. The maximum Gasteiger partial charge on any atom is 0.410 e. The zero-order valence-corrected chi connectivity index (χ0v) is 11.9. The van der Waals surface area contributed by atoms with Crippen LogP contribution in [0.15, 0.2) is 24.3 Å². The van der Waals surface area contributed by atoms with E-state index in [2.05, 4.69) is 0 Å². The van der Waals surface area contributed by atoms with Crippen molar-refractivity contribution >= 4 is 12.0 Å². The van der Waals surface area contributed by atoms with Gasteiger partial charge in [-0.3, -0.25) is 9.69 Å². The predicted molar refractivity (Wildman–Crippen MR) is 75.0 cm³/mol. The topological polar surface area (TPSA) is 59.1 Å². The molecule has 21 heavy (non-hydrogen) atoms. The van der Waals surface area contributed by atoms with Crippen LogP contribution in [0.3, 0.4) is 0 Å². The molecule has 6 heteroatoms. The second kappa shape index (κ2) is 5.63. The first-order valence-corrected chi connectivity index (χ1v) is 7.04. The van der Waals surface area contributed by atoms with E-state index >= 15 is 0 Å². The number of hydrogen-bond donors (Lipinski definition) is 0. The van der Waals surface area contributed by atoms with Crippen molar-refractivity contribution in [3.8, 4) is 5.75 Å². The average Bonchev–Trinajstić information content (AvgIpc) is 2.83. The quantitative estimate of drug-likeness (QED) is 0.841. The molecule has 0 aromatic heterocycles.